The van der Waals surface area contributed by atoms with Crippen LogP contribution < -0.4 is 18.9 Å². The predicted octanol–water partition coefficient (Wildman–Crippen LogP) is 4.64. The van der Waals surface area contributed by atoms with Gasteiger partial charge in [0.15, 0.2) is 11.5 Å². The van der Waals surface area contributed by atoms with Crippen molar-refractivity contribution in [3.05, 3.63) is 58.8 Å². The van der Waals surface area contributed by atoms with Gasteiger partial charge >= 0.3 is 5.97 Å². The number of fused-ring (bicyclic) bond motifs is 1. The van der Waals surface area contributed by atoms with Crippen LogP contribution in [0.15, 0.2) is 41.4 Å². The third-order valence-corrected chi connectivity index (χ3v) is 7.17. The first-order valence-electron chi connectivity index (χ1n) is 11.7. The highest BCUT2D eigenvalue weighted by Gasteiger charge is 2.27. The van der Waals surface area contributed by atoms with Crippen molar-refractivity contribution in [2.75, 3.05) is 40.7 Å². The van der Waals surface area contributed by atoms with Gasteiger partial charge in [-0.1, -0.05) is 30.0 Å². The Morgan fingerprint density at radius 1 is 1.11 bits per heavy atom. The van der Waals surface area contributed by atoms with Gasteiger partial charge in [-0.05, 0) is 48.9 Å². The summed E-state index contributed by atoms with van der Waals surface area (Å²) in [7, 11) is 6.71. The summed E-state index contributed by atoms with van der Waals surface area (Å²) in [6, 6.07) is 13.4. The maximum atomic E-state index is 12.7. The molecule has 192 valence electrons. The number of nitrogens with zero attached hydrogens (tertiary/aromatic N) is 3. The Labute approximate surface area is 221 Å². The number of hydrogen-bond acceptors (Lipinski definition) is 9. The van der Waals surface area contributed by atoms with Crippen LogP contribution in [-0.4, -0.2) is 56.5 Å². The third kappa shape index (κ3) is 5.50. The molecule has 0 fully saturated rings. The number of rotatable bonds is 8. The van der Waals surface area contributed by atoms with Crippen molar-refractivity contribution in [3.63, 3.8) is 0 Å². The first-order valence-corrected chi connectivity index (χ1v) is 12.7. The summed E-state index contributed by atoms with van der Waals surface area (Å²) in [4.78, 5) is 19.7. The second-order valence-electron chi connectivity index (χ2n) is 8.63. The van der Waals surface area contributed by atoms with Crippen LogP contribution in [0.4, 0.5) is 0 Å². The first kappa shape index (κ1) is 26.3. The fraction of sp³-hybridized carbons (Fsp3) is 0.321. The van der Waals surface area contributed by atoms with E-state index in [1.807, 2.05) is 44.3 Å². The monoisotopic (exact) mass is 519 g/mol. The molecule has 1 aliphatic rings. The van der Waals surface area contributed by atoms with Crippen molar-refractivity contribution < 1.29 is 23.7 Å². The van der Waals surface area contributed by atoms with Crippen LogP contribution in [-0.2, 0) is 17.8 Å². The highest BCUT2D eigenvalue weighted by atomic mass is 32.2. The Balaban J connectivity index is 1.77. The molecule has 4 rings (SSSR count). The number of aromatic nitrogens is 1. The van der Waals surface area contributed by atoms with Crippen LogP contribution in [0.2, 0.25) is 0 Å². The van der Waals surface area contributed by atoms with E-state index in [1.54, 1.807) is 27.4 Å². The lowest BCUT2D eigenvalue weighted by Crippen LogP contribution is -2.28. The van der Waals surface area contributed by atoms with E-state index in [4.69, 9.17) is 23.9 Å². The summed E-state index contributed by atoms with van der Waals surface area (Å²) in [5, 5.41) is 10.8. The van der Waals surface area contributed by atoms with Gasteiger partial charge in [0, 0.05) is 30.8 Å². The average Bonchev–Trinajstić information content (AvgIpc) is 2.91. The zero-order chi connectivity index (χ0) is 26.5. The van der Waals surface area contributed by atoms with Crippen molar-refractivity contribution in [3.8, 4) is 40.2 Å². The zero-order valence-corrected chi connectivity index (χ0v) is 22.4. The number of carbonyl (C=O) groups is 1. The van der Waals surface area contributed by atoms with Gasteiger partial charge in [-0.3, -0.25) is 4.79 Å². The van der Waals surface area contributed by atoms with Gasteiger partial charge in [0.1, 0.15) is 16.8 Å². The summed E-state index contributed by atoms with van der Waals surface area (Å²) < 4.78 is 22.2. The summed E-state index contributed by atoms with van der Waals surface area (Å²) in [5.74, 6) is 1.59. The average molecular weight is 520 g/mol. The standard InChI is InChI=1S/C28H29N3O5S/c1-17-8-6-7-9-22(17)36-25(32)16-37-28-19(14-29)26(20-15-31(2)11-10-21(20)30-28)18-12-23(33-3)27(35-5)24(13-18)34-4/h6-9,12-13H,10-11,15-16H2,1-5H3. The number of aryl methyl sites for hydroxylation is 1. The first-order chi connectivity index (χ1) is 17.9. The Kier molecular flexibility index (Phi) is 8.21. The highest BCUT2D eigenvalue weighted by molar-refractivity contribution is 7.99. The summed E-state index contributed by atoms with van der Waals surface area (Å²) >= 11 is 1.21. The molecule has 3 aromatic rings. The molecular formula is C28H29N3O5S. The van der Waals surface area contributed by atoms with Gasteiger partial charge in [-0.15, -0.1) is 0 Å². The number of para-hydroxylation sites is 1. The largest absolute Gasteiger partial charge is 0.493 e. The van der Waals surface area contributed by atoms with E-state index in [2.05, 4.69) is 11.0 Å². The molecule has 1 aromatic heterocycles. The van der Waals surface area contributed by atoms with Crippen LogP contribution >= 0.6 is 11.8 Å². The molecule has 2 heterocycles. The quantitative estimate of drug-likeness (QED) is 0.240. The van der Waals surface area contributed by atoms with Crippen LogP contribution in [0.5, 0.6) is 23.0 Å². The number of thioether (sulfide) groups is 1. The number of methoxy groups -OCH3 is 3. The predicted molar refractivity (Wildman–Crippen MR) is 142 cm³/mol. The van der Waals surface area contributed by atoms with Crippen molar-refractivity contribution in [1.82, 2.24) is 9.88 Å². The van der Waals surface area contributed by atoms with Gasteiger partial charge in [0.05, 0.1) is 32.6 Å². The Bertz CT molecular complexity index is 1340. The summed E-state index contributed by atoms with van der Waals surface area (Å²) in [5.41, 5.74) is 4.68. The lowest BCUT2D eigenvalue weighted by molar-refractivity contribution is -0.131. The van der Waals surface area contributed by atoms with E-state index in [-0.39, 0.29) is 5.75 Å². The Hall–Kier alpha value is -3.74. The van der Waals surface area contributed by atoms with Crippen molar-refractivity contribution in [2.45, 2.75) is 24.9 Å². The lowest BCUT2D eigenvalue weighted by Gasteiger charge is -2.28. The Morgan fingerprint density at radius 3 is 2.43 bits per heavy atom. The van der Waals surface area contributed by atoms with Crippen LogP contribution in [0, 0.1) is 18.3 Å². The number of esters is 1. The second kappa shape index (κ2) is 11.5. The number of nitriles is 1. The van der Waals surface area contributed by atoms with Gasteiger partial charge < -0.3 is 23.8 Å². The molecule has 0 unspecified atom stereocenters. The van der Waals surface area contributed by atoms with E-state index >= 15 is 0 Å². The molecule has 1 aliphatic heterocycles. The van der Waals surface area contributed by atoms with Crippen molar-refractivity contribution in [1.29, 1.82) is 5.26 Å². The van der Waals surface area contributed by atoms with Gasteiger partial charge in [-0.25, -0.2) is 4.98 Å². The van der Waals surface area contributed by atoms with Gasteiger partial charge in [0.25, 0.3) is 0 Å². The third-order valence-electron chi connectivity index (χ3n) is 6.22. The van der Waals surface area contributed by atoms with E-state index in [0.717, 1.165) is 40.9 Å². The van der Waals surface area contributed by atoms with E-state index in [9.17, 15) is 10.1 Å². The molecule has 2 aromatic carbocycles. The molecule has 37 heavy (non-hydrogen) atoms. The molecule has 0 amide bonds. The highest BCUT2D eigenvalue weighted by Crippen LogP contribution is 2.44. The molecular weight excluding hydrogens is 490 g/mol. The number of benzene rings is 2. The van der Waals surface area contributed by atoms with Crippen LogP contribution in [0.25, 0.3) is 11.1 Å². The van der Waals surface area contributed by atoms with Crippen molar-refractivity contribution >= 4 is 17.7 Å². The molecule has 0 radical (unpaired) electrons. The molecule has 0 saturated heterocycles. The number of pyridine rings is 1. The summed E-state index contributed by atoms with van der Waals surface area (Å²) in [6.45, 7) is 3.37. The zero-order valence-electron chi connectivity index (χ0n) is 21.6. The number of ether oxygens (including phenoxy) is 4. The minimum Gasteiger partial charge on any atom is -0.493 e. The SMILES string of the molecule is COc1cc(-c2c(C#N)c(SCC(=O)Oc3ccccc3C)nc3c2CN(C)CC3)cc(OC)c1OC. The summed E-state index contributed by atoms with van der Waals surface area (Å²) in [6.07, 6.45) is 0.732. The maximum Gasteiger partial charge on any atom is 0.321 e. The molecule has 0 spiro atoms. The van der Waals surface area contributed by atoms with Crippen LogP contribution in [0.3, 0.4) is 0 Å². The van der Waals surface area contributed by atoms with Gasteiger partial charge in [0.2, 0.25) is 5.75 Å². The number of likely N-dealkylation sites (N-methyl/N-ethyl adjacent to an activating group) is 1. The van der Waals surface area contributed by atoms with Gasteiger partial charge in [-0.2, -0.15) is 5.26 Å². The molecule has 8 nitrogen and oxygen atoms in total. The van der Waals surface area contributed by atoms with Crippen LogP contribution in [0.1, 0.15) is 22.4 Å². The molecule has 0 saturated carbocycles. The fourth-order valence-electron chi connectivity index (χ4n) is 4.37. The molecule has 0 bridgehead atoms. The maximum absolute atomic E-state index is 12.7. The molecule has 0 aliphatic carbocycles. The fourth-order valence-corrected chi connectivity index (χ4v) is 5.15. The minimum atomic E-state index is -0.406. The number of carbonyl (C=O) groups excluding carboxylic acids is 1. The molecule has 0 atom stereocenters. The molecule has 0 N–H and O–H groups in total. The second-order valence-corrected chi connectivity index (χ2v) is 9.60. The minimum absolute atomic E-state index is 0.0173. The Morgan fingerprint density at radius 2 is 1.81 bits per heavy atom. The smallest absolute Gasteiger partial charge is 0.321 e. The lowest BCUT2D eigenvalue weighted by atomic mass is 9.91. The number of hydrogen-bond donors (Lipinski definition) is 0. The van der Waals surface area contributed by atoms with E-state index in [0.29, 0.717) is 40.1 Å². The molecule has 9 heteroatoms. The van der Waals surface area contributed by atoms with Crippen molar-refractivity contribution in [2.24, 2.45) is 0 Å². The van der Waals surface area contributed by atoms with E-state index in [1.165, 1.54) is 11.8 Å². The topological polar surface area (TPSA) is 93.9 Å². The van der Waals surface area contributed by atoms with E-state index < -0.39 is 5.97 Å². The normalized spacial score (nSPS) is 12.9.